The average Bonchev–Trinajstić information content (AvgIpc) is 3.79. The Morgan fingerprint density at radius 2 is 1.22 bits per heavy atom. The number of aliphatic hydroxyl groups excluding tert-OH is 3. The summed E-state index contributed by atoms with van der Waals surface area (Å²) in [7, 11) is 0. The summed E-state index contributed by atoms with van der Waals surface area (Å²) in [5, 5.41) is 48.6. The molecule has 8 rings (SSSR count). The number of carboxylic acid groups (broad SMARTS) is 1. The fourth-order valence-corrected chi connectivity index (χ4v) is 18.3. The molecule has 11 heteroatoms. The number of amides is 2. The number of carbonyl (C=O) groups is 4. The van der Waals surface area contributed by atoms with Crippen LogP contribution in [0.15, 0.2) is 0 Å². The molecule has 0 spiro atoms. The second-order valence-corrected chi connectivity index (χ2v) is 24.3. The second-order valence-electron chi connectivity index (χ2n) is 24.3. The minimum absolute atomic E-state index is 0.0776. The Labute approximate surface area is 377 Å². The van der Waals surface area contributed by atoms with Gasteiger partial charge in [0.1, 0.15) is 19.2 Å². The number of carbonyl (C=O) groups excluding carboxylic acids is 3. The highest BCUT2D eigenvalue weighted by Gasteiger charge is 2.65. The van der Waals surface area contributed by atoms with Gasteiger partial charge >= 0.3 is 11.9 Å². The first-order valence-electron chi connectivity index (χ1n) is 25.8. The van der Waals surface area contributed by atoms with Crippen LogP contribution in [0.2, 0.25) is 0 Å². The largest absolute Gasteiger partial charge is 0.480 e. The van der Waals surface area contributed by atoms with Crippen molar-refractivity contribution in [2.75, 3.05) is 13.1 Å². The molecule has 0 saturated heterocycles. The van der Waals surface area contributed by atoms with Crippen LogP contribution < -0.4 is 10.6 Å². The molecule has 8 fully saturated rings. The lowest BCUT2D eigenvalue weighted by Crippen LogP contribution is -2.59. The van der Waals surface area contributed by atoms with E-state index >= 15 is 0 Å². The topological polar surface area (TPSA) is 182 Å². The molecule has 63 heavy (non-hydrogen) atoms. The number of aliphatic hydroxyl groups is 3. The zero-order valence-corrected chi connectivity index (χ0v) is 39.6. The van der Waals surface area contributed by atoms with Gasteiger partial charge in [0.2, 0.25) is 11.8 Å². The first-order chi connectivity index (χ1) is 29.8. The maximum atomic E-state index is 13.2. The molecule has 2 amide bonds. The molecular formula is C52H84N2O9. The van der Waals surface area contributed by atoms with Crippen LogP contribution in [-0.2, 0) is 23.9 Å². The van der Waals surface area contributed by atoms with Gasteiger partial charge in [-0.2, -0.15) is 0 Å². The van der Waals surface area contributed by atoms with E-state index in [4.69, 9.17) is 9.84 Å². The second kappa shape index (κ2) is 18.1. The molecule has 8 aliphatic carbocycles. The van der Waals surface area contributed by atoms with Crippen LogP contribution in [0.3, 0.4) is 0 Å². The van der Waals surface area contributed by atoms with Crippen molar-refractivity contribution in [3.63, 3.8) is 0 Å². The third kappa shape index (κ3) is 8.54. The predicted molar refractivity (Wildman–Crippen MR) is 240 cm³/mol. The van der Waals surface area contributed by atoms with Crippen LogP contribution in [0, 0.1) is 92.7 Å². The van der Waals surface area contributed by atoms with Crippen molar-refractivity contribution in [1.82, 2.24) is 10.6 Å². The lowest BCUT2D eigenvalue weighted by atomic mass is 9.43. The van der Waals surface area contributed by atoms with Crippen molar-refractivity contribution < 1.29 is 44.3 Å². The van der Waals surface area contributed by atoms with Gasteiger partial charge in [-0.3, -0.25) is 19.2 Å². The maximum absolute atomic E-state index is 13.2. The zero-order chi connectivity index (χ0) is 45.2. The fraction of sp³-hybridized carbons (Fsp3) is 0.923. The first kappa shape index (κ1) is 47.3. The van der Waals surface area contributed by atoms with Gasteiger partial charge in [-0.15, -0.1) is 0 Å². The molecule has 5 unspecified atom stereocenters. The van der Waals surface area contributed by atoms with Crippen molar-refractivity contribution in [3.8, 4) is 0 Å². The van der Waals surface area contributed by atoms with Crippen molar-refractivity contribution in [2.45, 2.75) is 194 Å². The summed E-state index contributed by atoms with van der Waals surface area (Å²) >= 11 is 0. The van der Waals surface area contributed by atoms with Gasteiger partial charge in [0, 0.05) is 12.8 Å². The van der Waals surface area contributed by atoms with Crippen molar-refractivity contribution in [2.24, 2.45) is 92.7 Å². The highest BCUT2D eigenvalue weighted by Crippen LogP contribution is 2.70. The van der Waals surface area contributed by atoms with E-state index in [9.17, 15) is 34.5 Å². The smallest absolute Gasteiger partial charge is 0.325 e. The molecule has 356 valence electrons. The van der Waals surface area contributed by atoms with Crippen LogP contribution in [0.1, 0.15) is 170 Å². The van der Waals surface area contributed by atoms with E-state index in [-0.39, 0.29) is 88.6 Å². The third-order valence-corrected chi connectivity index (χ3v) is 21.7. The lowest BCUT2D eigenvalue weighted by Gasteiger charge is -2.62. The van der Waals surface area contributed by atoms with Gasteiger partial charge in [0.15, 0.2) is 0 Å². The van der Waals surface area contributed by atoms with Crippen LogP contribution in [0.25, 0.3) is 0 Å². The van der Waals surface area contributed by atoms with E-state index in [0.717, 1.165) is 103 Å². The van der Waals surface area contributed by atoms with E-state index in [0.29, 0.717) is 66.1 Å². The fourth-order valence-electron chi connectivity index (χ4n) is 18.3. The zero-order valence-electron chi connectivity index (χ0n) is 39.6. The summed E-state index contributed by atoms with van der Waals surface area (Å²) in [6, 6.07) is 0. The molecule has 0 aromatic carbocycles. The van der Waals surface area contributed by atoms with Crippen molar-refractivity contribution in [3.05, 3.63) is 0 Å². The van der Waals surface area contributed by atoms with E-state index in [1.807, 2.05) is 0 Å². The van der Waals surface area contributed by atoms with Crippen LogP contribution in [0.4, 0.5) is 0 Å². The first-order valence-corrected chi connectivity index (χ1v) is 25.8. The molecule has 0 aliphatic heterocycles. The van der Waals surface area contributed by atoms with Gasteiger partial charge in [-0.05, 0) is 208 Å². The van der Waals surface area contributed by atoms with Crippen LogP contribution in [0.5, 0.6) is 0 Å². The number of aliphatic carboxylic acids is 1. The molecule has 0 heterocycles. The minimum Gasteiger partial charge on any atom is -0.480 e. The molecule has 8 aliphatic rings. The Balaban J connectivity index is 0.783. The summed E-state index contributed by atoms with van der Waals surface area (Å²) in [5.41, 5.74) is 0.254. The highest BCUT2D eigenvalue weighted by molar-refractivity contribution is 5.82. The molecule has 8 saturated carbocycles. The van der Waals surface area contributed by atoms with Gasteiger partial charge in [-0.25, -0.2) is 0 Å². The number of ether oxygens (including phenoxy) is 1. The Morgan fingerprint density at radius 1 is 0.619 bits per heavy atom. The third-order valence-electron chi connectivity index (χ3n) is 21.7. The Kier molecular flexibility index (Phi) is 13.6. The van der Waals surface area contributed by atoms with Crippen LogP contribution >= 0.6 is 0 Å². The molecule has 0 aromatic rings. The molecule has 6 N–H and O–H groups in total. The summed E-state index contributed by atoms with van der Waals surface area (Å²) < 4.78 is 6.05. The van der Waals surface area contributed by atoms with Crippen molar-refractivity contribution >= 4 is 23.8 Å². The predicted octanol–water partition coefficient (Wildman–Crippen LogP) is 7.67. The monoisotopic (exact) mass is 881 g/mol. The van der Waals surface area contributed by atoms with Crippen molar-refractivity contribution in [1.29, 1.82) is 0 Å². The maximum Gasteiger partial charge on any atom is 0.325 e. The van der Waals surface area contributed by atoms with E-state index in [1.54, 1.807) is 0 Å². The van der Waals surface area contributed by atoms with Gasteiger partial charge < -0.3 is 35.8 Å². The van der Waals surface area contributed by atoms with Crippen LogP contribution in [-0.4, -0.2) is 81.7 Å². The van der Waals surface area contributed by atoms with Gasteiger partial charge in [0.25, 0.3) is 0 Å². The number of carboxylic acids is 1. The lowest BCUT2D eigenvalue weighted by molar-refractivity contribution is -0.182. The Bertz CT molecular complexity index is 1710. The van der Waals surface area contributed by atoms with E-state index in [1.165, 1.54) is 12.8 Å². The van der Waals surface area contributed by atoms with Gasteiger partial charge in [0.05, 0.1) is 18.3 Å². The number of esters is 1. The average molecular weight is 881 g/mol. The van der Waals surface area contributed by atoms with Gasteiger partial charge in [-0.1, -0.05) is 41.5 Å². The summed E-state index contributed by atoms with van der Waals surface area (Å²) in [5.74, 6) is 3.31. The minimum atomic E-state index is -1.03. The molecule has 20 atom stereocenters. The number of nitrogens with one attached hydrogen (secondary N) is 2. The Morgan fingerprint density at radius 3 is 1.94 bits per heavy atom. The number of rotatable bonds is 13. The summed E-state index contributed by atoms with van der Waals surface area (Å²) in [6.45, 7) is 13.7. The SMILES string of the molecule is C[C@H](CCC(=O)NCC(=O)O)[C@H]1CC[C@H]2[C@@H]3[C@H](O)CC4C[C@H](OC(=O)CNC(=O)CC[C@@H](C)[C@H]5CCC6C7CCC8C[C@H](O)CC[C@]8(C)C7C[C@H](O)[C@@]65C)CC[C@]4(C)[C@H]3CC[C@]12C. The molecule has 0 bridgehead atoms. The van der Waals surface area contributed by atoms with E-state index < -0.39 is 12.1 Å². The number of hydrogen-bond donors (Lipinski definition) is 6. The molecule has 11 nitrogen and oxygen atoms in total. The number of hydrogen-bond acceptors (Lipinski definition) is 8. The molecule has 0 aromatic heterocycles. The quantitative estimate of drug-likeness (QED) is 0.101. The molecule has 0 radical (unpaired) electrons. The Hall–Kier alpha value is -2.24. The summed E-state index contributed by atoms with van der Waals surface area (Å²) in [4.78, 5) is 49.6. The summed E-state index contributed by atoms with van der Waals surface area (Å²) in [6.07, 6.45) is 17.0. The van der Waals surface area contributed by atoms with E-state index in [2.05, 4.69) is 52.2 Å². The number of fused-ring (bicyclic) bond motifs is 10. The standard InChI is InChI=1S/C52H84N2O9/c1-29(7-15-44(58)53-27-46(60)61)36-11-14-39-48-40(19-22-51(36,39)5)50(4)21-18-34(24-32(50)25-42(48)56)63-47(62)28-54-45(59)16-8-30(2)37-12-13-38-35-10-9-31-23-33(55)17-20-49(31,3)41(35)26-43(57)52(37,38)6/h29-43,48,55-57H,7-28H2,1-6H3,(H,53,58)(H,54,59)(H,60,61)/t29-,30-,31?,32?,33-,34-,35?,36-,37-,38?,39+,40+,41?,42-,43+,48+,49+,50+,51-,52-/m1/s1. The highest BCUT2D eigenvalue weighted by atomic mass is 16.5. The molecular weight excluding hydrogens is 797 g/mol. The normalized spacial score (nSPS) is 47.3.